The zero-order valence-electron chi connectivity index (χ0n) is 19.2. The summed E-state index contributed by atoms with van der Waals surface area (Å²) < 4.78 is 12.0. The van der Waals surface area contributed by atoms with Crippen molar-refractivity contribution in [3.05, 3.63) is 77.9 Å². The first-order chi connectivity index (χ1) is 15.7. The van der Waals surface area contributed by atoms with Crippen LogP contribution < -0.4 is 4.74 Å². The number of benzene rings is 2. The highest BCUT2D eigenvalue weighted by Gasteiger charge is 2.12. The van der Waals surface area contributed by atoms with Crippen LogP contribution in [0.5, 0.6) is 5.75 Å². The van der Waals surface area contributed by atoms with Gasteiger partial charge in [0.25, 0.3) is 0 Å². The molecule has 0 spiro atoms. The van der Waals surface area contributed by atoms with Crippen LogP contribution in [0.2, 0.25) is 0 Å². The number of hydrogen-bond donors (Lipinski definition) is 0. The summed E-state index contributed by atoms with van der Waals surface area (Å²) in [4.78, 5) is 10.8. The Balaban J connectivity index is 1.61. The molecule has 1 aliphatic heterocycles. The van der Waals surface area contributed by atoms with Gasteiger partial charge in [0.05, 0.1) is 13.2 Å². The molecule has 2 bridgehead atoms. The minimum Gasteiger partial charge on any atom is -0.491 e. The summed E-state index contributed by atoms with van der Waals surface area (Å²) in [6.07, 6.45) is 7.26. The Kier molecular flexibility index (Phi) is 7.86. The Morgan fingerprint density at radius 1 is 0.938 bits per heavy atom. The zero-order valence-corrected chi connectivity index (χ0v) is 19.2. The second-order valence-corrected chi connectivity index (χ2v) is 8.87. The molecule has 2 heterocycles. The Bertz CT molecular complexity index is 991. The number of aromatic nitrogens is 2. The molecule has 2 aromatic carbocycles. The van der Waals surface area contributed by atoms with Crippen LogP contribution in [0.1, 0.15) is 37.0 Å². The van der Waals surface area contributed by atoms with E-state index in [0.29, 0.717) is 19.1 Å². The van der Waals surface area contributed by atoms with Gasteiger partial charge in [0.2, 0.25) is 0 Å². The van der Waals surface area contributed by atoms with Crippen molar-refractivity contribution in [2.45, 2.75) is 33.2 Å². The zero-order chi connectivity index (χ0) is 22.2. The van der Waals surface area contributed by atoms with Crippen LogP contribution in [-0.4, -0.2) is 47.8 Å². The van der Waals surface area contributed by atoms with Gasteiger partial charge in [0.15, 0.2) is 0 Å². The first kappa shape index (κ1) is 22.4. The van der Waals surface area contributed by atoms with E-state index in [1.54, 1.807) is 6.33 Å². The minimum atomic E-state index is 0.548. The number of nitrogens with zero attached hydrogens (tertiary/aromatic N) is 3. The summed E-state index contributed by atoms with van der Waals surface area (Å²) in [5.74, 6) is 1.61. The van der Waals surface area contributed by atoms with Crippen molar-refractivity contribution in [1.29, 1.82) is 0 Å². The normalized spacial score (nSPS) is 15.6. The van der Waals surface area contributed by atoms with Crippen LogP contribution in [0.3, 0.4) is 0 Å². The number of ether oxygens (including phenoxy) is 2. The molecule has 168 valence electrons. The molecule has 0 saturated carbocycles. The summed E-state index contributed by atoms with van der Waals surface area (Å²) in [5.41, 5.74) is 5.91. The van der Waals surface area contributed by atoms with E-state index in [0.717, 1.165) is 55.1 Å². The van der Waals surface area contributed by atoms with Gasteiger partial charge in [0, 0.05) is 37.5 Å². The Morgan fingerprint density at radius 3 is 2.62 bits per heavy atom. The van der Waals surface area contributed by atoms with E-state index >= 15 is 0 Å². The second-order valence-electron chi connectivity index (χ2n) is 8.87. The Labute approximate surface area is 191 Å². The summed E-state index contributed by atoms with van der Waals surface area (Å²) in [5, 5.41) is 0. The van der Waals surface area contributed by atoms with E-state index in [2.05, 4.69) is 71.2 Å². The molecule has 5 nitrogen and oxygen atoms in total. The molecular weight excluding hydrogens is 398 g/mol. The summed E-state index contributed by atoms with van der Waals surface area (Å²) in [6, 6.07) is 15.3. The SMILES string of the molecule is CC(C)CCN1CCOCCOc2ccc(-c3cncnc3)cc2Cc2cccc(c2)C1. The van der Waals surface area contributed by atoms with Gasteiger partial charge in [-0.15, -0.1) is 0 Å². The van der Waals surface area contributed by atoms with Crippen molar-refractivity contribution < 1.29 is 9.47 Å². The smallest absolute Gasteiger partial charge is 0.122 e. The van der Waals surface area contributed by atoms with Crippen molar-refractivity contribution in [2.75, 3.05) is 32.9 Å². The van der Waals surface area contributed by atoms with Gasteiger partial charge < -0.3 is 9.47 Å². The Morgan fingerprint density at radius 2 is 1.78 bits per heavy atom. The third-order valence-corrected chi connectivity index (χ3v) is 5.81. The predicted molar refractivity (Wildman–Crippen MR) is 128 cm³/mol. The van der Waals surface area contributed by atoms with Crippen LogP contribution in [0.25, 0.3) is 11.1 Å². The molecule has 0 radical (unpaired) electrons. The molecule has 0 amide bonds. The fourth-order valence-corrected chi connectivity index (χ4v) is 4.02. The highest BCUT2D eigenvalue weighted by molar-refractivity contribution is 5.64. The number of hydrogen-bond acceptors (Lipinski definition) is 5. The van der Waals surface area contributed by atoms with Gasteiger partial charge in [-0.1, -0.05) is 44.2 Å². The molecular formula is C27H33N3O2. The topological polar surface area (TPSA) is 47.5 Å². The molecule has 0 atom stereocenters. The van der Waals surface area contributed by atoms with Gasteiger partial charge >= 0.3 is 0 Å². The van der Waals surface area contributed by atoms with Crippen LogP contribution >= 0.6 is 0 Å². The molecule has 0 unspecified atom stereocenters. The minimum absolute atomic E-state index is 0.548. The van der Waals surface area contributed by atoms with Crippen molar-refractivity contribution >= 4 is 0 Å². The van der Waals surface area contributed by atoms with Crippen molar-refractivity contribution in [1.82, 2.24) is 14.9 Å². The van der Waals surface area contributed by atoms with Crippen molar-refractivity contribution in [2.24, 2.45) is 5.92 Å². The van der Waals surface area contributed by atoms with E-state index < -0.39 is 0 Å². The maximum atomic E-state index is 6.13. The molecule has 0 fully saturated rings. The lowest BCUT2D eigenvalue weighted by atomic mass is 9.98. The van der Waals surface area contributed by atoms with Crippen LogP contribution in [0, 0.1) is 5.92 Å². The first-order valence-electron chi connectivity index (χ1n) is 11.6. The van der Waals surface area contributed by atoms with Crippen molar-refractivity contribution in [3.8, 4) is 16.9 Å². The van der Waals surface area contributed by atoms with E-state index in [-0.39, 0.29) is 0 Å². The molecule has 0 saturated heterocycles. The monoisotopic (exact) mass is 431 g/mol. The lowest BCUT2D eigenvalue weighted by Gasteiger charge is -2.24. The fraction of sp³-hybridized carbons (Fsp3) is 0.407. The second kappa shape index (κ2) is 11.2. The summed E-state index contributed by atoms with van der Waals surface area (Å²) >= 11 is 0. The van der Waals surface area contributed by atoms with Crippen LogP contribution in [0.4, 0.5) is 0 Å². The Hall–Kier alpha value is -2.76. The van der Waals surface area contributed by atoms with E-state index in [1.807, 2.05) is 12.4 Å². The van der Waals surface area contributed by atoms with Gasteiger partial charge in [-0.2, -0.15) is 0 Å². The predicted octanol–water partition coefficient (Wildman–Crippen LogP) is 4.99. The summed E-state index contributed by atoms with van der Waals surface area (Å²) in [6.45, 7) is 9.42. The third-order valence-electron chi connectivity index (χ3n) is 5.81. The molecule has 1 aromatic heterocycles. The summed E-state index contributed by atoms with van der Waals surface area (Å²) in [7, 11) is 0. The maximum Gasteiger partial charge on any atom is 0.122 e. The number of fused-ring (bicyclic) bond motifs is 3. The van der Waals surface area contributed by atoms with Crippen LogP contribution in [0.15, 0.2) is 61.2 Å². The lowest BCUT2D eigenvalue weighted by molar-refractivity contribution is 0.0764. The van der Waals surface area contributed by atoms with Gasteiger partial charge in [-0.05, 0) is 53.3 Å². The standard InChI is InChI=1S/C27H33N3O2/c1-21(2)8-9-30-10-11-31-12-13-32-27-7-6-24(26-17-28-20-29-18-26)16-25(27)15-22-4-3-5-23(14-22)19-30/h3-7,14,16-18,20-21H,8-13,15,19H2,1-2H3. The molecule has 5 heteroatoms. The highest BCUT2D eigenvalue weighted by Crippen LogP contribution is 2.28. The van der Waals surface area contributed by atoms with E-state index in [1.165, 1.54) is 17.5 Å². The third kappa shape index (κ3) is 6.38. The molecule has 1 aliphatic rings. The molecule has 32 heavy (non-hydrogen) atoms. The molecule has 4 rings (SSSR count). The van der Waals surface area contributed by atoms with Crippen molar-refractivity contribution in [3.63, 3.8) is 0 Å². The quantitative estimate of drug-likeness (QED) is 0.582. The lowest BCUT2D eigenvalue weighted by Crippen LogP contribution is -2.29. The van der Waals surface area contributed by atoms with Gasteiger partial charge in [-0.25, -0.2) is 9.97 Å². The van der Waals surface area contributed by atoms with Gasteiger partial charge in [-0.3, -0.25) is 4.90 Å². The van der Waals surface area contributed by atoms with E-state index in [4.69, 9.17) is 9.47 Å². The number of rotatable bonds is 4. The fourth-order valence-electron chi connectivity index (χ4n) is 4.02. The average molecular weight is 432 g/mol. The first-order valence-corrected chi connectivity index (χ1v) is 11.6. The molecule has 0 aliphatic carbocycles. The van der Waals surface area contributed by atoms with Gasteiger partial charge in [0.1, 0.15) is 18.7 Å². The molecule has 0 N–H and O–H groups in total. The average Bonchev–Trinajstić information content (AvgIpc) is 2.80. The maximum absolute atomic E-state index is 6.13. The highest BCUT2D eigenvalue weighted by atomic mass is 16.5. The van der Waals surface area contributed by atoms with Crippen LogP contribution in [-0.2, 0) is 17.7 Å². The van der Waals surface area contributed by atoms with E-state index in [9.17, 15) is 0 Å². The largest absolute Gasteiger partial charge is 0.491 e. The molecule has 3 aromatic rings.